The maximum absolute atomic E-state index is 12.0. The molecule has 0 radical (unpaired) electrons. The van der Waals surface area contributed by atoms with Crippen molar-refractivity contribution in [3.8, 4) is 11.5 Å². The number of hydrogen-bond acceptors (Lipinski definition) is 7. The normalized spacial score (nSPS) is 11.2. The number of ether oxygens (including phenoxy) is 2. The van der Waals surface area contributed by atoms with E-state index in [-0.39, 0.29) is 12.5 Å². The summed E-state index contributed by atoms with van der Waals surface area (Å²) in [4.78, 5) is 18.2. The van der Waals surface area contributed by atoms with Gasteiger partial charge in [0, 0.05) is 12.7 Å². The number of aromatic nitrogens is 2. The van der Waals surface area contributed by atoms with Gasteiger partial charge >= 0.3 is 0 Å². The molecule has 9 heteroatoms. The molecule has 3 aromatic rings. The number of rotatable bonds is 10. The van der Waals surface area contributed by atoms with Crippen molar-refractivity contribution >= 4 is 28.6 Å². The number of carbonyl (C=O) groups excluding carboxylic acids is 1. The second-order valence-corrected chi connectivity index (χ2v) is 7.35. The van der Waals surface area contributed by atoms with Crippen LogP contribution in [-0.4, -0.2) is 42.2 Å². The predicted octanol–water partition coefficient (Wildman–Crippen LogP) is 3.58. The summed E-state index contributed by atoms with van der Waals surface area (Å²) in [5.41, 5.74) is 2.44. The van der Waals surface area contributed by atoms with Gasteiger partial charge in [-0.2, -0.15) is 5.10 Å². The largest absolute Gasteiger partial charge is 0.493 e. The fraction of sp³-hybridized carbons (Fsp3) is 0.286. The number of benzene rings is 1. The average Bonchev–Trinajstić information content (AvgIpc) is 3.44. The Balaban J connectivity index is 1.46. The first kappa shape index (κ1) is 21.4. The maximum Gasteiger partial charge on any atom is 0.265 e. The molecule has 30 heavy (non-hydrogen) atoms. The molecule has 0 saturated heterocycles. The summed E-state index contributed by atoms with van der Waals surface area (Å²) in [7, 11) is 3.22. The molecule has 0 bridgehead atoms. The first-order chi connectivity index (χ1) is 14.6. The highest BCUT2D eigenvalue weighted by molar-refractivity contribution is 7.12. The van der Waals surface area contributed by atoms with Gasteiger partial charge in [0.15, 0.2) is 18.1 Å². The van der Waals surface area contributed by atoms with Crippen molar-refractivity contribution in [1.29, 1.82) is 0 Å². The number of nitrogens with zero attached hydrogens (tertiary/aromatic N) is 3. The smallest absolute Gasteiger partial charge is 0.265 e. The Kier molecular flexibility index (Phi) is 7.45. The maximum atomic E-state index is 12.0. The highest BCUT2D eigenvalue weighted by Gasteiger charge is 2.08. The third kappa shape index (κ3) is 5.84. The Morgan fingerprint density at radius 2 is 2.07 bits per heavy atom. The van der Waals surface area contributed by atoms with Crippen LogP contribution in [-0.2, 0) is 22.6 Å². The summed E-state index contributed by atoms with van der Waals surface area (Å²) in [6.45, 7) is 2.33. The van der Waals surface area contributed by atoms with Gasteiger partial charge in [0.05, 0.1) is 36.7 Å². The van der Waals surface area contributed by atoms with Crippen molar-refractivity contribution in [2.24, 2.45) is 5.16 Å². The minimum absolute atomic E-state index is 0.167. The number of nitrogens with one attached hydrogen (secondary N) is 1. The first-order valence-electron chi connectivity index (χ1n) is 9.32. The molecule has 2 aromatic heterocycles. The molecule has 158 valence electrons. The minimum Gasteiger partial charge on any atom is -0.493 e. The topological polar surface area (TPSA) is 87.0 Å². The molecule has 0 spiro atoms. The molecule has 0 unspecified atom stereocenters. The molecule has 3 rings (SSSR count). The number of hydrogen-bond donors (Lipinski definition) is 1. The standard InChI is InChI=1S/C21H24N4O4S/c1-15(20-5-4-10-30-20)24-29-14-21(26)23-17-12-22-25(13-17)9-8-16-6-7-18(27-2)19(11-16)28-3/h4-7,10-13H,8-9,14H2,1-3H3,(H,23,26). The van der Waals surface area contributed by atoms with Crippen LogP contribution in [0.15, 0.2) is 53.3 Å². The van der Waals surface area contributed by atoms with Gasteiger partial charge in [-0.15, -0.1) is 11.3 Å². The Bertz CT molecular complexity index is 998. The summed E-state index contributed by atoms with van der Waals surface area (Å²) >= 11 is 1.57. The SMILES string of the molecule is COc1ccc(CCn2cc(NC(=O)CON=C(C)c3cccs3)cn2)cc1OC. The Labute approximate surface area is 179 Å². The number of carbonyl (C=O) groups is 1. The highest BCUT2D eigenvalue weighted by Crippen LogP contribution is 2.27. The molecule has 2 heterocycles. The third-order valence-corrected chi connectivity index (χ3v) is 5.25. The van der Waals surface area contributed by atoms with E-state index in [0.29, 0.717) is 23.7 Å². The van der Waals surface area contributed by atoms with Crippen LogP contribution in [0.5, 0.6) is 11.5 Å². The highest BCUT2D eigenvalue weighted by atomic mass is 32.1. The van der Waals surface area contributed by atoms with Crippen molar-refractivity contribution < 1.29 is 19.1 Å². The van der Waals surface area contributed by atoms with Gasteiger partial charge < -0.3 is 19.6 Å². The zero-order chi connectivity index (χ0) is 21.3. The van der Waals surface area contributed by atoms with Gasteiger partial charge in [-0.1, -0.05) is 17.3 Å². The van der Waals surface area contributed by atoms with E-state index in [4.69, 9.17) is 14.3 Å². The second kappa shape index (κ2) is 10.4. The Morgan fingerprint density at radius 3 is 2.80 bits per heavy atom. The van der Waals surface area contributed by atoms with E-state index in [1.165, 1.54) is 0 Å². The van der Waals surface area contributed by atoms with Gasteiger partial charge in [-0.25, -0.2) is 0 Å². The van der Waals surface area contributed by atoms with Crippen molar-refractivity contribution in [2.75, 3.05) is 26.1 Å². The van der Waals surface area contributed by atoms with Crippen molar-refractivity contribution in [3.05, 3.63) is 58.5 Å². The predicted molar refractivity (Wildman–Crippen MR) is 117 cm³/mol. The molecular formula is C21H24N4O4S. The van der Waals surface area contributed by atoms with E-state index in [9.17, 15) is 4.79 Å². The summed E-state index contributed by atoms with van der Waals surface area (Å²) in [6.07, 6.45) is 4.14. The van der Waals surface area contributed by atoms with Crippen LogP contribution in [0.1, 0.15) is 17.4 Å². The fourth-order valence-electron chi connectivity index (χ4n) is 2.74. The van der Waals surface area contributed by atoms with E-state index in [1.54, 1.807) is 42.6 Å². The van der Waals surface area contributed by atoms with Crippen molar-refractivity contribution in [1.82, 2.24) is 9.78 Å². The molecule has 1 aromatic carbocycles. The van der Waals surface area contributed by atoms with Gasteiger partial charge in [0.25, 0.3) is 5.91 Å². The lowest BCUT2D eigenvalue weighted by atomic mass is 10.1. The van der Waals surface area contributed by atoms with E-state index in [1.807, 2.05) is 42.6 Å². The molecular weight excluding hydrogens is 404 g/mol. The molecule has 0 saturated carbocycles. The average molecular weight is 429 g/mol. The summed E-state index contributed by atoms with van der Waals surface area (Å²) in [6, 6.07) is 9.70. The van der Waals surface area contributed by atoms with E-state index >= 15 is 0 Å². The lowest BCUT2D eigenvalue weighted by Gasteiger charge is -2.09. The number of thiophene rings is 1. The Morgan fingerprint density at radius 1 is 1.23 bits per heavy atom. The number of aryl methyl sites for hydroxylation is 2. The zero-order valence-electron chi connectivity index (χ0n) is 17.1. The number of methoxy groups -OCH3 is 2. The monoisotopic (exact) mass is 428 g/mol. The number of anilines is 1. The van der Waals surface area contributed by atoms with Gasteiger partial charge in [-0.3, -0.25) is 9.48 Å². The quantitative estimate of drug-likeness (QED) is 0.394. The van der Waals surface area contributed by atoms with Gasteiger partial charge in [-0.05, 0) is 42.5 Å². The van der Waals surface area contributed by atoms with Crippen molar-refractivity contribution in [3.63, 3.8) is 0 Å². The van der Waals surface area contributed by atoms with Crippen LogP contribution < -0.4 is 14.8 Å². The summed E-state index contributed by atoms with van der Waals surface area (Å²) in [5.74, 6) is 1.10. The van der Waals surface area contributed by atoms with Crippen LogP contribution in [0.3, 0.4) is 0 Å². The molecule has 1 N–H and O–H groups in total. The van der Waals surface area contributed by atoms with E-state index < -0.39 is 0 Å². The fourth-order valence-corrected chi connectivity index (χ4v) is 3.41. The Hall–Kier alpha value is -3.33. The molecule has 0 aliphatic carbocycles. The van der Waals surface area contributed by atoms with Crippen LogP contribution in [0.2, 0.25) is 0 Å². The van der Waals surface area contributed by atoms with Crippen LogP contribution in [0, 0.1) is 0 Å². The molecule has 1 amide bonds. The van der Waals surface area contributed by atoms with Crippen molar-refractivity contribution in [2.45, 2.75) is 19.9 Å². The van der Waals surface area contributed by atoms with Gasteiger partial charge in [0.1, 0.15) is 0 Å². The lowest BCUT2D eigenvalue weighted by molar-refractivity contribution is -0.120. The van der Waals surface area contributed by atoms with Crippen LogP contribution in [0.4, 0.5) is 5.69 Å². The molecule has 0 aliphatic rings. The number of oxime groups is 1. The van der Waals surface area contributed by atoms with E-state index in [2.05, 4.69) is 15.6 Å². The second-order valence-electron chi connectivity index (χ2n) is 6.41. The zero-order valence-corrected chi connectivity index (χ0v) is 17.9. The minimum atomic E-state index is -0.294. The molecule has 0 atom stereocenters. The first-order valence-corrected chi connectivity index (χ1v) is 10.2. The third-order valence-electron chi connectivity index (χ3n) is 4.27. The van der Waals surface area contributed by atoms with Crippen LogP contribution in [0.25, 0.3) is 0 Å². The summed E-state index contributed by atoms with van der Waals surface area (Å²) < 4.78 is 12.4. The summed E-state index contributed by atoms with van der Waals surface area (Å²) in [5, 5.41) is 13.0. The number of amides is 1. The molecule has 8 nitrogen and oxygen atoms in total. The van der Waals surface area contributed by atoms with Gasteiger partial charge in [0.2, 0.25) is 0 Å². The van der Waals surface area contributed by atoms with E-state index in [0.717, 1.165) is 22.6 Å². The molecule has 0 aliphatic heterocycles. The lowest BCUT2D eigenvalue weighted by Crippen LogP contribution is -2.17. The molecule has 0 fully saturated rings. The van der Waals surface area contributed by atoms with Crippen LogP contribution >= 0.6 is 11.3 Å².